The monoisotopic (exact) mass is 348 g/mol. The molecule has 1 N–H and O–H groups in total. The van der Waals surface area contributed by atoms with Crippen LogP contribution in [0.15, 0.2) is 24.3 Å². The van der Waals surface area contributed by atoms with Gasteiger partial charge in [0, 0.05) is 12.5 Å². The van der Waals surface area contributed by atoms with E-state index in [0.29, 0.717) is 24.0 Å². The summed E-state index contributed by atoms with van der Waals surface area (Å²) in [6, 6.07) is 7.52. The van der Waals surface area contributed by atoms with E-state index in [1.165, 1.54) is 6.42 Å². The summed E-state index contributed by atoms with van der Waals surface area (Å²) in [5, 5.41) is 2.86. The molecule has 1 aliphatic carbocycles. The molecule has 0 saturated heterocycles. The highest BCUT2D eigenvalue weighted by atomic mass is 16.6. The van der Waals surface area contributed by atoms with Crippen LogP contribution in [0.2, 0.25) is 0 Å². The van der Waals surface area contributed by atoms with Crippen LogP contribution in [0.3, 0.4) is 0 Å². The van der Waals surface area contributed by atoms with Gasteiger partial charge in [0.1, 0.15) is 11.9 Å². The first kappa shape index (κ1) is 19.6. The topological polar surface area (TPSA) is 50.8 Å². The lowest BCUT2D eigenvalue weighted by atomic mass is 9.86. The lowest BCUT2D eigenvalue weighted by molar-refractivity contribution is 0.0357. The molecule has 1 aromatic rings. The molecular weight excluding hydrogens is 316 g/mol. The van der Waals surface area contributed by atoms with Gasteiger partial charge >= 0.3 is 6.09 Å². The minimum absolute atomic E-state index is 0.00989. The van der Waals surface area contributed by atoms with Crippen LogP contribution in [0.1, 0.15) is 45.4 Å². The Morgan fingerprint density at radius 3 is 2.76 bits per heavy atom. The zero-order valence-corrected chi connectivity index (χ0v) is 15.8. The number of ether oxygens (including phenoxy) is 2. The van der Waals surface area contributed by atoms with Crippen LogP contribution in [0.25, 0.3) is 0 Å². The quantitative estimate of drug-likeness (QED) is 0.701. The number of anilines is 1. The molecule has 25 heavy (non-hydrogen) atoms. The summed E-state index contributed by atoms with van der Waals surface area (Å²) in [7, 11) is 4.13. The number of hydrogen-bond donors (Lipinski definition) is 1. The van der Waals surface area contributed by atoms with Crippen LogP contribution in [0, 0.1) is 5.92 Å². The molecule has 1 aliphatic rings. The van der Waals surface area contributed by atoms with Gasteiger partial charge in [-0.15, -0.1) is 0 Å². The standard InChI is InChI=1S/C20H32N2O3/c1-4-5-14-24-19-13-9-7-11-17(19)21-20(23)25-18-12-8-6-10-16(18)15-22(2)3/h7,9,11,13,16,18H,4-6,8,10,12,14-15H2,1-3H3,(H,21,23)/t16?,18-/m1/s1. The van der Waals surface area contributed by atoms with Gasteiger partial charge < -0.3 is 14.4 Å². The van der Waals surface area contributed by atoms with Crippen molar-refractivity contribution in [2.24, 2.45) is 5.92 Å². The van der Waals surface area contributed by atoms with Crippen LogP contribution >= 0.6 is 0 Å². The molecule has 2 rings (SSSR count). The average Bonchev–Trinajstić information content (AvgIpc) is 2.58. The predicted octanol–water partition coefficient (Wildman–Crippen LogP) is 4.53. The van der Waals surface area contributed by atoms with Crippen LogP contribution in [0.4, 0.5) is 10.5 Å². The van der Waals surface area contributed by atoms with E-state index in [1.807, 2.05) is 24.3 Å². The van der Waals surface area contributed by atoms with E-state index in [9.17, 15) is 4.79 Å². The molecular formula is C20H32N2O3. The number of hydrogen-bond acceptors (Lipinski definition) is 4. The maximum absolute atomic E-state index is 12.4. The Morgan fingerprint density at radius 1 is 1.24 bits per heavy atom. The highest BCUT2D eigenvalue weighted by Gasteiger charge is 2.28. The fourth-order valence-electron chi connectivity index (χ4n) is 3.31. The van der Waals surface area contributed by atoms with Crippen LogP contribution in [-0.4, -0.2) is 44.3 Å². The summed E-state index contributed by atoms with van der Waals surface area (Å²) in [5.41, 5.74) is 0.670. The molecule has 140 valence electrons. The Bertz CT molecular complexity index is 533. The summed E-state index contributed by atoms with van der Waals surface area (Å²) >= 11 is 0. The first-order chi connectivity index (χ1) is 12.1. The van der Waals surface area contributed by atoms with Crippen molar-refractivity contribution >= 4 is 11.8 Å². The second-order valence-corrected chi connectivity index (χ2v) is 7.07. The fourth-order valence-corrected chi connectivity index (χ4v) is 3.31. The van der Waals surface area contributed by atoms with Crippen molar-refractivity contribution in [3.63, 3.8) is 0 Å². The number of amides is 1. The molecule has 0 radical (unpaired) electrons. The highest BCUT2D eigenvalue weighted by Crippen LogP contribution is 2.29. The zero-order valence-electron chi connectivity index (χ0n) is 15.8. The molecule has 5 nitrogen and oxygen atoms in total. The van der Waals surface area contributed by atoms with Gasteiger partial charge in [-0.2, -0.15) is 0 Å². The molecule has 5 heteroatoms. The van der Waals surface area contributed by atoms with Crippen molar-refractivity contribution in [1.29, 1.82) is 0 Å². The van der Waals surface area contributed by atoms with E-state index in [2.05, 4.69) is 31.2 Å². The number of nitrogens with zero attached hydrogens (tertiary/aromatic N) is 1. The number of carbonyl (C=O) groups excluding carboxylic acids is 1. The Morgan fingerprint density at radius 2 is 2.00 bits per heavy atom. The van der Waals surface area contributed by atoms with Gasteiger partial charge in [-0.3, -0.25) is 5.32 Å². The molecule has 0 heterocycles. The summed E-state index contributed by atoms with van der Waals surface area (Å²) in [6.07, 6.45) is 6.08. The molecule has 1 fully saturated rings. The Labute approximate surface area is 151 Å². The lowest BCUT2D eigenvalue weighted by Crippen LogP contribution is -2.37. The van der Waals surface area contributed by atoms with Crippen molar-refractivity contribution < 1.29 is 14.3 Å². The Hall–Kier alpha value is -1.75. The van der Waals surface area contributed by atoms with E-state index in [4.69, 9.17) is 9.47 Å². The molecule has 0 spiro atoms. The average molecular weight is 348 g/mol. The van der Waals surface area contributed by atoms with Crippen molar-refractivity contribution in [2.45, 2.75) is 51.6 Å². The summed E-state index contributed by atoms with van der Waals surface area (Å²) in [6.45, 7) is 3.73. The maximum Gasteiger partial charge on any atom is 0.412 e. The lowest BCUT2D eigenvalue weighted by Gasteiger charge is -2.32. The molecule has 1 aromatic carbocycles. The highest BCUT2D eigenvalue weighted by molar-refractivity contribution is 5.86. The van der Waals surface area contributed by atoms with E-state index >= 15 is 0 Å². The SMILES string of the molecule is CCCCOc1ccccc1NC(=O)O[C@@H]1CCCCC1CN(C)C. The maximum atomic E-state index is 12.4. The van der Waals surface area contributed by atoms with Crippen molar-refractivity contribution in [3.8, 4) is 5.75 Å². The van der Waals surface area contributed by atoms with Crippen LogP contribution < -0.4 is 10.1 Å². The molecule has 1 amide bonds. The van der Waals surface area contributed by atoms with E-state index in [1.54, 1.807) is 0 Å². The molecule has 1 unspecified atom stereocenters. The molecule has 1 saturated carbocycles. The normalized spacial score (nSPS) is 20.3. The van der Waals surface area contributed by atoms with E-state index in [-0.39, 0.29) is 12.2 Å². The fraction of sp³-hybridized carbons (Fsp3) is 0.650. The van der Waals surface area contributed by atoms with Gasteiger partial charge in [-0.05, 0) is 51.9 Å². The number of para-hydroxylation sites is 2. The van der Waals surface area contributed by atoms with Gasteiger partial charge in [-0.25, -0.2) is 4.79 Å². The Balaban J connectivity index is 1.92. The second-order valence-electron chi connectivity index (χ2n) is 7.07. The van der Waals surface area contributed by atoms with Crippen LogP contribution in [-0.2, 0) is 4.74 Å². The number of benzene rings is 1. The molecule has 2 atom stereocenters. The third-order valence-electron chi connectivity index (χ3n) is 4.58. The Kier molecular flexibility index (Phi) is 8.06. The molecule has 0 aromatic heterocycles. The summed E-state index contributed by atoms with van der Waals surface area (Å²) < 4.78 is 11.5. The predicted molar refractivity (Wildman–Crippen MR) is 101 cm³/mol. The number of nitrogens with one attached hydrogen (secondary N) is 1. The van der Waals surface area contributed by atoms with E-state index in [0.717, 1.165) is 38.6 Å². The second kappa shape index (κ2) is 10.3. The number of rotatable bonds is 8. The van der Waals surface area contributed by atoms with Crippen molar-refractivity contribution in [1.82, 2.24) is 4.90 Å². The first-order valence-corrected chi connectivity index (χ1v) is 9.44. The van der Waals surface area contributed by atoms with Gasteiger partial charge in [-0.1, -0.05) is 31.9 Å². The van der Waals surface area contributed by atoms with Crippen LogP contribution in [0.5, 0.6) is 5.75 Å². The third-order valence-corrected chi connectivity index (χ3v) is 4.58. The first-order valence-electron chi connectivity index (χ1n) is 9.44. The largest absolute Gasteiger partial charge is 0.491 e. The van der Waals surface area contributed by atoms with Gasteiger partial charge in [0.05, 0.1) is 12.3 Å². The minimum Gasteiger partial charge on any atom is -0.491 e. The van der Waals surface area contributed by atoms with E-state index < -0.39 is 0 Å². The number of unbranched alkanes of at least 4 members (excludes halogenated alkanes) is 1. The zero-order chi connectivity index (χ0) is 18.1. The van der Waals surface area contributed by atoms with Gasteiger partial charge in [0.2, 0.25) is 0 Å². The molecule has 0 bridgehead atoms. The summed E-state index contributed by atoms with van der Waals surface area (Å²) in [5.74, 6) is 1.10. The van der Waals surface area contributed by atoms with Crippen molar-refractivity contribution in [2.75, 3.05) is 32.6 Å². The smallest absolute Gasteiger partial charge is 0.412 e. The van der Waals surface area contributed by atoms with Gasteiger partial charge in [0.25, 0.3) is 0 Å². The van der Waals surface area contributed by atoms with Crippen molar-refractivity contribution in [3.05, 3.63) is 24.3 Å². The third kappa shape index (κ3) is 6.58. The molecule has 0 aliphatic heterocycles. The minimum atomic E-state index is -0.387. The number of carbonyl (C=O) groups is 1. The summed E-state index contributed by atoms with van der Waals surface area (Å²) in [4.78, 5) is 14.6. The van der Waals surface area contributed by atoms with Gasteiger partial charge in [0.15, 0.2) is 0 Å².